The second-order valence-corrected chi connectivity index (χ2v) is 6.22. The first kappa shape index (κ1) is 11.7. The summed E-state index contributed by atoms with van der Waals surface area (Å²) in [5.41, 5.74) is 1.66. The van der Waals surface area contributed by atoms with Gasteiger partial charge in [-0.05, 0) is 48.1 Å². The van der Waals surface area contributed by atoms with E-state index >= 15 is 0 Å². The van der Waals surface area contributed by atoms with E-state index in [4.69, 9.17) is 4.74 Å². The molecule has 1 atom stereocenters. The monoisotopic (exact) mass is 251 g/mol. The highest BCUT2D eigenvalue weighted by molar-refractivity contribution is 7.07. The summed E-state index contributed by atoms with van der Waals surface area (Å²) in [4.78, 5) is 0. The summed E-state index contributed by atoms with van der Waals surface area (Å²) in [6.45, 7) is 1.96. The van der Waals surface area contributed by atoms with Gasteiger partial charge in [0.1, 0.15) is 0 Å². The highest BCUT2D eigenvalue weighted by Gasteiger charge is 2.39. The molecule has 1 saturated heterocycles. The number of thiophene rings is 1. The lowest BCUT2D eigenvalue weighted by molar-refractivity contribution is -0.0837. The Bertz CT molecular complexity index is 343. The van der Waals surface area contributed by atoms with Gasteiger partial charge in [-0.2, -0.15) is 11.3 Å². The molecule has 0 radical (unpaired) electrons. The first-order chi connectivity index (χ1) is 8.36. The van der Waals surface area contributed by atoms with Crippen LogP contribution in [0, 0.1) is 0 Å². The summed E-state index contributed by atoms with van der Waals surface area (Å²) in [6.07, 6.45) is 7.67. The van der Waals surface area contributed by atoms with E-state index in [0.717, 1.165) is 13.2 Å². The molecule has 2 fully saturated rings. The van der Waals surface area contributed by atoms with Crippen LogP contribution < -0.4 is 5.32 Å². The Kier molecular flexibility index (Phi) is 3.50. The number of nitrogens with one attached hydrogen (secondary N) is 1. The standard InChI is InChI=1S/C14H21NOS/c1-2-6-14(5-1)9-13(3-7-16-14)15-10-12-4-8-17-11-12/h4,8,11,13,15H,1-3,5-7,9-10H2. The fourth-order valence-electron chi connectivity index (χ4n) is 3.23. The van der Waals surface area contributed by atoms with Crippen molar-refractivity contribution in [3.05, 3.63) is 22.4 Å². The minimum absolute atomic E-state index is 0.241. The van der Waals surface area contributed by atoms with Crippen LogP contribution in [0.25, 0.3) is 0 Å². The lowest BCUT2D eigenvalue weighted by atomic mass is 9.89. The lowest BCUT2D eigenvalue weighted by Crippen LogP contribution is -2.45. The molecule has 3 rings (SSSR count). The zero-order valence-electron chi connectivity index (χ0n) is 10.3. The normalized spacial score (nSPS) is 27.6. The smallest absolute Gasteiger partial charge is 0.0697 e. The van der Waals surface area contributed by atoms with Gasteiger partial charge in [0.15, 0.2) is 0 Å². The van der Waals surface area contributed by atoms with E-state index in [0.29, 0.717) is 6.04 Å². The van der Waals surface area contributed by atoms with Crippen LogP contribution in [0.15, 0.2) is 16.8 Å². The van der Waals surface area contributed by atoms with Crippen LogP contribution in [-0.2, 0) is 11.3 Å². The van der Waals surface area contributed by atoms with Crippen LogP contribution in [0.5, 0.6) is 0 Å². The highest BCUT2D eigenvalue weighted by Crippen LogP contribution is 2.39. The van der Waals surface area contributed by atoms with E-state index in [1.807, 2.05) is 0 Å². The molecule has 0 aromatic carbocycles. The topological polar surface area (TPSA) is 21.3 Å². The molecule has 1 N–H and O–H groups in total. The van der Waals surface area contributed by atoms with E-state index in [1.54, 1.807) is 11.3 Å². The van der Waals surface area contributed by atoms with Gasteiger partial charge in [-0.25, -0.2) is 0 Å². The third-order valence-electron chi connectivity index (χ3n) is 4.18. The van der Waals surface area contributed by atoms with Gasteiger partial charge in [0, 0.05) is 19.2 Å². The minimum atomic E-state index is 0.241. The van der Waals surface area contributed by atoms with Crippen LogP contribution >= 0.6 is 11.3 Å². The van der Waals surface area contributed by atoms with E-state index in [-0.39, 0.29) is 5.60 Å². The second-order valence-electron chi connectivity index (χ2n) is 5.44. The van der Waals surface area contributed by atoms with Gasteiger partial charge >= 0.3 is 0 Å². The van der Waals surface area contributed by atoms with Crippen molar-refractivity contribution in [3.8, 4) is 0 Å². The van der Waals surface area contributed by atoms with E-state index < -0.39 is 0 Å². The molecule has 1 saturated carbocycles. The molecular formula is C14H21NOS. The molecular weight excluding hydrogens is 230 g/mol. The average Bonchev–Trinajstić information content (AvgIpc) is 2.99. The zero-order valence-corrected chi connectivity index (χ0v) is 11.1. The molecule has 0 bridgehead atoms. The van der Waals surface area contributed by atoms with E-state index in [2.05, 4.69) is 22.1 Å². The summed E-state index contributed by atoms with van der Waals surface area (Å²) in [5.74, 6) is 0. The predicted molar refractivity (Wildman–Crippen MR) is 71.3 cm³/mol. The predicted octanol–water partition coefficient (Wildman–Crippen LogP) is 3.33. The molecule has 0 amide bonds. The average molecular weight is 251 g/mol. The first-order valence-corrected chi connectivity index (χ1v) is 7.69. The lowest BCUT2D eigenvalue weighted by Gasteiger charge is -2.38. The van der Waals surface area contributed by atoms with Crippen molar-refractivity contribution < 1.29 is 4.74 Å². The third-order valence-corrected chi connectivity index (χ3v) is 4.91. The molecule has 1 spiro atoms. The second kappa shape index (κ2) is 5.09. The van der Waals surface area contributed by atoms with Crippen molar-refractivity contribution in [3.63, 3.8) is 0 Å². The molecule has 17 heavy (non-hydrogen) atoms. The van der Waals surface area contributed by atoms with Gasteiger partial charge < -0.3 is 10.1 Å². The first-order valence-electron chi connectivity index (χ1n) is 6.75. The number of ether oxygens (including phenoxy) is 1. The van der Waals surface area contributed by atoms with Crippen molar-refractivity contribution in [1.82, 2.24) is 5.32 Å². The molecule has 2 heterocycles. The summed E-state index contributed by atoms with van der Waals surface area (Å²) >= 11 is 1.78. The maximum atomic E-state index is 6.06. The quantitative estimate of drug-likeness (QED) is 0.889. The van der Waals surface area contributed by atoms with Crippen LogP contribution in [0.2, 0.25) is 0 Å². The summed E-state index contributed by atoms with van der Waals surface area (Å²) in [7, 11) is 0. The number of hydrogen-bond acceptors (Lipinski definition) is 3. The van der Waals surface area contributed by atoms with E-state index in [9.17, 15) is 0 Å². The molecule has 1 aliphatic carbocycles. The van der Waals surface area contributed by atoms with Crippen molar-refractivity contribution >= 4 is 11.3 Å². The Balaban J connectivity index is 1.53. The van der Waals surface area contributed by atoms with Crippen LogP contribution in [0.3, 0.4) is 0 Å². The van der Waals surface area contributed by atoms with Gasteiger partial charge in [-0.1, -0.05) is 12.8 Å². The molecule has 1 aromatic rings. The number of rotatable bonds is 3. The van der Waals surface area contributed by atoms with Crippen molar-refractivity contribution in [1.29, 1.82) is 0 Å². The summed E-state index contributed by atoms with van der Waals surface area (Å²) in [5, 5.41) is 8.09. The summed E-state index contributed by atoms with van der Waals surface area (Å²) in [6, 6.07) is 2.87. The van der Waals surface area contributed by atoms with Crippen molar-refractivity contribution in [2.45, 2.75) is 56.7 Å². The van der Waals surface area contributed by atoms with E-state index in [1.165, 1.54) is 44.1 Å². The van der Waals surface area contributed by atoms with Crippen LogP contribution in [0.1, 0.15) is 44.1 Å². The van der Waals surface area contributed by atoms with Gasteiger partial charge in [-0.3, -0.25) is 0 Å². The molecule has 2 nitrogen and oxygen atoms in total. The molecule has 1 aromatic heterocycles. The molecule has 1 unspecified atom stereocenters. The Morgan fingerprint density at radius 3 is 3.06 bits per heavy atom. The number of hydrogen-bond donors (Lipinski definition) is 1. The maximum Gasteiger partial charge on any atom is 0.0697 e. The maximum absolute atomic E-state index is 6.06. The van der Waals surface area contributed by atoms with Gasteiger partial charge in [-0.15, -0.1) is 0 Å². The molecule has 94 valence electrons. The molecule has 3 heteroatoms. The Morgan fingerprint density at radius 2 is 2.29 bits per heavy atom. The Morgan fingerprint density at radius 1 is 1.41 bits per heavy atom. The third kappa shape index (κ3) is 2.72. The largest absolute Gasteiger partial charge is 0.375 e. The fourth-order valence-corrected chi connectivity index (χ4v) is 3.89. The summed E-state index contributed by atoms with van der Waals surface area (Å²) < 4.78 is 6.06. The highest BCUT2D eigenvalue weighted by atomic mass is 32.1. The van der Waals surface area contributed by atoms with Crippen molar-refractivity contribution in [2.75, 3.05) is 6.61 Å². The van der Waals surface area contributed by atoms with Gasteiger partial charge in [0.2, 0.25) is 0 Å². The Hall–Kier alpha value is -0.380. The van der Waals surface area contributed by atoms with Gasteiger partial charge in [0.05, 0.1) is 5.60 Å². The molecule has 2 aliphatic rings. The zero-order chi connectivity index (χ0) is 11.6. The molecule has 1 aliphatic heterocycles. The van der Waals surface area contributed by atoms with Crippen LogP contribution in [0.4, 0.5) is 0 Å². The fraction of sp³-hybridized carbons (Fsp3) is 0.714. The van der Waals surface area contributed by atoms with Crippen LogP contribution in [-0.4, -0.2) is 18.2 Å². The Labute approximate surface area is 107 Å². The van der Waals surface area contributed by atoms with Gasteiger partial charge in [0.25, 0.3) is 0 Å². The minimum Gasteiger partial charge on any atom is -0.375 e. The van der Waals surface area contributed by atoms with Crippen molar-refractivity contribution in [2.24, 2.45) is 0 Å². The SMILES string of the molecule is c1cc(CNC2CCOC3(CCCC3)C2)cs1.